The second kappa shape index (κ2) is 14.1. The van der Waals surface area contributed by atoms with Gasteiger partial charge in [0, 0.05) is 0 Å². The van der Waals surface area contributed by atoms with Crippen LogP contribution < -0.4 is 0 Å². The van der Waals surface area contributed by atoms with Crippen LogP contribution in [0.15, 0.2) is 0 Å². The minimum atomic E-state index is 1.05. The zero-order valence-corrected chi connectivity index (χ0v) is 12.8. The summed E-state index contributed by atoms with van der Waals surface area (Å²) in [6, 6.07) is 0. The molecule has 0 aromatic heterocycles. The number of unbranched alkanes of at least 4 members (excludes halogenated alkanes) is 7. The maximum absolute atomic E-state index is 2.32. The Bertz CT molecular complexity index is 116. The molecule has 0 aliphatic carbocycles. The van der Waals surface area contributed by atoms with Crippen LogP contribution in [0.25, 0.3) is 0 Å². The maximum atomic E-state index is 2.32. The summed E-state index contributed by atoms with van der Waals surface area (Å²) in [6.45, 7) is 6.93. The third-order valence-electron chi connectivity index (χ3n) is 3.90. The van der Waals surface area contributed by atoms with Crippen LogP contribution >= 0.6 is 0 Å². The molecule has 0 heterocycles. The highest BCUT2D eigenvalue weighted by Gasteiger charge is 2.07. The van der Waals surface area contributed by atoms with E-state index in [-0.39, 0.29) is 0 Å². The van der Waals surface area contributed by atoms with E-state index in [1.165, 1.54) is 83.5 Å². The first-order valence-corrected chi connectivity index (χ1v) is 8.35. The van der Waals surface area contributed by atoms with Crippen molar-refractivity contribution in [2.75, 3.05) is 0 Å². The molecule has 0 nitrogen and oxygen atoms in total. The lowest BCUT2D eigenvalue weighted by Gasteiger charge is -2.16. The second-order valence-corrected chi connectivity index (χ2v) is 5.71. The average Bonchev–Trinajstić information content (AvgIpc) is 2.35. The summed E-state index contributed by atoms with van der Waals surface area (Å²) in [5.41, 5.74) is 0. The van der Waals surface area contributed by atoms with Gasteiger partial charge in [0.25, 0.3) is 0 Å². The van der Waals surface area contributed by atoms with E-state index >= 15 is 0 Å². The molecule has 0 rings (SSSR count). The Balaban J connectivity index is 3.56. The van der Waals surface area contributed by atoms with Gasteiger partial charge in [-0.1, -0.05) is 104 Å². The van der Waals surface area contributed by atoms with Crippen molar-refractivity contribution >= 4 is 0 Å². The molecule has 0 aliphatic heterocycles. The van der Waals surface area contributed by atoms with Gasteiger partial charge in [0.1, 0.15) is 0 Å². The van der Waals surface area contributed by atoms with Crippen molar-refractivity contribution in [3.05, 3.63) is 0 Å². The van der Waals surface area contributed by atoms with E-state index in [4.69, 9.17) is 0 Å². The SMILES string of the molecule is CCCCCCC(CCCC)CCCCCC. The minimum Gasteiger partial charge on any atom is -0.0654 e. The van der Waals surface area contributed by atoms with Crippen LogP contribution in [-0.2, 0) is 0 Å². The molecule has 0 aromatic carbocycles. The smallest absolute Gasteiger partial charge is 0.0414 e. The molecule has 0 heteroatoms. The summed E-state index contributed by atoms with van der Waals surface area (Å²) in [7, 11) is 0. The van der Waals surface area contributed by atoms with Crippen molar-refractivity contribution in [2.24, 2.45) is 5.92 Å². The van der Waals surface area contributed by atoms with Crippen LogP contribution in [0.1, 0.15) is 104 Å². The molecule has 0 aliphatic rings. The highest BCUT2D eigenvalue weighted by Crippen LogP contribution is 2.23. The maximum Gasteiger partial charge on any atom is -0.0414 e. The standard InChI is InChI=1S/C17H36/c1-4-7-10-12-15-17(14-9-6-3)16-13-11-8-5-2/h17H,4-16H2,1-3H3. The zero-order valence-electron chi connectivity index (χ0n) is 12.8. The summed E-state index contributed by atoms with van der Waals surface area (Å²) >= 11 is 0. The fourth-order valence-corrected chi connectivity index (χ4v) is 2.65. The van der Waals surface area contributed by atoms with E-state index in [9.17, 15) is 0 Å². The Morgan fingerprint density at radius 1 is 0.471 bits per heavy atom. The van der Waals surface area contributed by atoms with Crippen LogP contribution in [-0.4, -0.2) is 0 Å². The first kappa shape index (κ1) is 17.0. The van der Waals surface area contributed by atoms with Crippen molar-refractivity contribution in [1.29, 1.82) is 0 Å². The Kier molecular flexibility index (Phi) is 14.1. The third-order valence-corrected chi connectivity index (χ3v) is 3.90. The zero-order chi connectivity index (χ0) is 12.8. The first-order valence-electron chi connectivity index (χ1n) is 8.35. The quantitative estimate of drug-likeness (QED) is 0.313. The number of rotatable bonds is 13. The van der Waals surface area contributed by atoms with Gasteiger partial charge in [-0.2, -0.15) is 0 Å². The lowest BCUT2D eigenvalue weighted by molar-refractivity contribution is 0.373. The van der Waals surface area contributed by atoms with Crippen molar-refractivity contribution in [2.45, 2.75) is 104 Å². The minimum absolute atomic E-state index is 1.05. The summed E-state index contributed by atoms with van der Waals surface area (Å²) in [5, 5.41) is 0. The Morgan fingerprint density at radius 2 is 0.882 bits per heavy atom. The van der Waals surface area contributed by atoms with Crippen LogP contribution in [0.2, 0.25) is 0 Å². The van der Waals surface area contributed by atoms with Gasteiger partial charge >= 0.3 is 0 Å². The molecule has 0 saturated heterocycles. The van der Waals surface area contributed by atoms with Crippen molar-refractivity contribution < 1.29 is 0 Å². The van der Waals surface area contributed by atoms with Gasteiger partial charge in [-0.3, -0.25) is 0 Å². The lowest BCUT2D eigenvalue weighted by Crippen LogP contribution is -2.01. The summed E-state index contributed by atoms with van der Waals surface area (Å²) in [6.07, 6.45) is 18.9. The summed E-state index contributed by atoms with van der Waals surface area (Å²) in [4.78, 5) is 0. The van der Waals surface area contributed by atoms with E-state index < -0.39 is 0 Å². The Morgan fingerprint density at radius 3 is 1.29 bits per heavy atom. The largest absolute Gasteiger partial charge is 0.0654 e. The number of hydrogen-bond acceptors (Lipinski definition) is 0. The highest BCUT2D eigenvalue weighted by molar-refractivity contribution is 4.61. The molecule has 17 heavy (non-hydrogen) atoms. The molecule has 0 atom stereocenters. The molecular formula is C17H36. The second-order valence-electron chi connectivity index (χ2n) is 5.71. The molecule has 0 saturated carbocycles. The molecule has 0 fully saturated rings. The van der Waals surface area contributed by atoms with Crippen LogP contribution in [0, 0.1) is 5.92 Å². The molecule has 104 valence electrons. The van der Waals surface area contributed by atoms with Crippen molar-refractivity contribution in [3.63, 3.8) is 0 Å². The van der Waals surface area contributed by atoms with E-state index in [0.29, 0.717) is 0 Å². The van der Waals surface area contributed by atoms with E-state index in [2.05, 4.69) is 20.8 Å². The third kappa shape index (κ3) is 12.2. The molecule has 0 bridgehead atoms. The molecule has 0 unspecified atom stereocenters. The van der Waals surface area contributed by atoms with Gasteiger partial charge in [0.05, 0.1) is 0 Å². The van der Waals surface area contributed by atoms with E-state index in [1.54, 1.807) is 0 Å². The van der Waals surface area contributed by atoms with Crippen molar-refractivity contribution in [3.8, 4) is 0 Å². The Hall–Kier alpha value is 0. The van der Waals surface area contributed by atoms with Gasteiger partial charge in [0.2, 0.25) is 0 Å². The van der Waals surface area contributed by atoms with Gasteiger partial charge in [-0.05, 0) is 5.92 Å². The summed E-state index contributed by atoms with van der Waals surface area (Å²) in [5.74, 6) is 1.05. The normalized spacial score (nSPS) is 11.3. The molecule has 0 aromatic rings. The van der Waals surface area contributed by atoms with E-state index in [1.807, 2.05) is 0 Å². The highest BCUT2D eigenvalue weighted by atomic mass is 14.1. The van der Waals surface area contributed by atoms with Crippen LogP contribution in [0.4, 0.5) is 0 Å². The first-order chi connectivity index (χ1) is 8.35. The number of hydrogen-bond donors (Lipinski definition) is 0. The van der Waals surface area contributed by atoms with Gasteiger partial charge in [-0.15, -0.1) is 0 Å². The predicted molar refractivity (Wildman–Crippen MR) is 80.5 cm³/mol. The van der Waals surface area contributed by atoms with Crippen LogP contribution in [0.5, 0.6) is 0 Å². The van der Waals surface area contributed by atoms with Crippen LogP contribution in [0.3, 0.4) is 0 Å². The van der Waals surface area contributed by atoms with Gasteiger partial charge in [-0.25, -0.2) is 0 Å². The molecule has 0 spiro atoms. The fourth-order valence-electron chi connectivity index (χ4n) is 2.65. The molecular weight excluding hydrogens is 204 g/mol. The van der Waals surface area contributed by atoms with Gasteiger partial charge < -0.3 is 0 Å². The predicted octanol–water partition coefficient (Wildman–Crippen LogP) is 6.73. The molecule has 0 amide bonds. The molecule has 0 radical (unpaired) electrons. The van der Waals surface area contributed by atoms with Gasteiger partial charge in [0.15, 0.2) is 0 Å². The Labute approximate surface area is 111 Å². The monoisotopic (exact) mass is 240 g/mol. The fraction of sp³-hybridized carbons (Fsp3) is 1.00. The lowest BCUT2D eigenvalue weighted by atomic mass is 9.90. The topological polar surface area (TPSA) is 0 Å². The molecule has 0 N–H and O–H groups in total. The summed E-state index contributed by atoms with van der Waals surface area (Å²) < 4.78 is 0. The van der Waals surface area contributed by atoms with Crippen molar-refractivity contribution in [1.82, 2.24) is 0 Å². The van der Waals surface area contributed by atoms with E-state index in [0.717, 1.165) is 5.92 Å². The average molecular weight is 240 g/mol.